The third-order valence-corrected chi connectivity index (χ3v) is 3.27. The van der Waals surface area contributed by atoms with Crippen molar-refractivity contribution in [2.24, 2.45) is 0 Å². The number of hydrogen-bond acceptors (Lipinski definition) is 2. The highest BCUT2D eigenvalue weighted by Crippen LogP contribution is 2.37. The molecule has 2 nitrogen and oxygen atoms in total. The van der Waals surface area contributed by atoms with E-state index in [1.807, 2.05) is 0 Å². The van der Waals surface area contributed by atoms with Crippen LogP contribution in [0.2, 0.25) is 0 Å². The van der Waals surface area contributed by atoms with Gasteiger partial charge in [-0.05, 0) is 12.1 Å². The number of fused-ring (bicyclic) bond motifs is 1. The summed E-state index contributed by atoms with van der Waals surface area (Å²) in [5.74, 6) is -2.88. The molecule has 0 aliphatic heterocycles. The lowest BCUT2D eigenvalue weighted by Gasteiger charge is -2.12. The minimum Gasteiger partial charge on any atom is -0.456 e. The molecule has 1 aromatic heterocycles. The van der Waals surface area contributed by atoms with Crippen molar-refractivity contribution in [2.75, 3.05) is 0 Å². The predicted molar refractivity (Wildman–Crippen MR) is 72.8 cm³/mol. The molecule has 0 spiro atoms. The van der Waals surface area contributed by atoms with Crippen LogP contribution in [0, 0.1) is 11.6 Å². The van der Waals surface area contributed by atoms with Gasteiger partial charge in [-0.15, -0.1) is 0 Å². The molecular formula is C16H7F5O2. The van der Waals surface area contributed by atoms with Crippen molar-refractivity contribution < 1.29 is 26.4 Å². The molecule has 3 aromatic rings. The predicted octanol–water partition coefficient (Wildman–Crippen LogP) is 4.76. The number of benzene rings is 2. The lowest BCUT2D eigenvalue weighted by Crippen LogP contribution is -2.08. The van der Waals surface area contributed by atoms with Gasteiger partial charge in [0.25, 0.3) is 0 Å². The first kappa shape index (κ1) is 15.2. The van der Waals surface area contributed by atoms with Crippen LogP contribution in [0.1, 0.15) is 5.56 Å². The van der Waals surface area contributed by atoms with E-state index < -0.39 is 28.8 Å². The van der Waals surface area contributed by atoms with E-state index in [0.717, 1.165) is 18.2 Å². The fraction of sp³-hybridized carbons (Fsp3) is 0.0625. The maximum Gasteiger partial charge on any atom is 0.417 e. The Balaban J connectivity index is 2.31. The van der Waals surface area contributed by atoms with E-state index in [1.165, 1.54) is 12.1 Å². The van der Waals surface area contributed by atoms with Gasteiger partial charge in [-0.2, -0.15) is 13.2 Å². The van der Waals surface area contributed by atoms with Crippen molar-refractivity contribution in [3.8, 4) is 11.3 Å². The molecular weight excluding hydrogens is 319 g/mol. The van der Waals surface area contributed by atoms with Gasteiger partial charge in [0, 0.05) is 17.7 Å². The van der Waals surface area contributed by atoms with E-state index in [0.29, 0.717) is 12.1 Å². The van der Waals surface area contributed by atoms with Crippen LogP contribution in [0.15, 0.2) is 51.7 Å². The first-order valence-electron chi connectivity index (χ1n) is 6.37. The Labute approximate surface area is 125 Å². The van der Waals surface area contributed by atoms with Crippen molar-refractivity contribution in [3.05, 3.63) is 69.9 Å². The molecule has 0 saturated heterocycles. The summed E-state index contributed by atoms with van der Waals surface area (Å²) < 4.78 is 70.7. The quantitative estimate of drug-likeness (QED) is 0.604. The molecule has 0 bridgehead atoms. The highest BCUT2D eigenvalue weighted by molar-refractivity contribution is 5.79. The average Bonchev–Trinajstić information content (AvgIpc) is 2.48. The van der Waals surface area contributed by atoms with E-state index in [-0.39, 0.29) is 22.3 Å². The zero-order valence-corrected chi connectivity index (χ0v) is 11.2. The van der Waals surface area contributed by atoms with E-state index in [9.17, 15) is 26.7 Å². The summed E-state index contributed by atoms with van der Waals surface area (Å²) in [4.78, 5) is 12.0. The lowest BCUT2D eigenvalue weighted by molar-refractivity contribution is -0.137. The first-order valence-corrected chi connectivity index (χ1v) is 6.37. The number of alkyl halides is 3. The highest BCUT2D eigenvalue weighted by atomic mass is 19.4. The Morgan fingerprint density at radius 1 is 0.913 bits per heavy atom. The van der Waals surface area contributed by atoms with Gasteiger partial charge in [0.15, 0.2) is 17.1 Å². The summed E-state index contributed by atoms with van der Waals surface area (Å²) in [7, 11) is 0. The second kappa shape index (κ2) is 5.19. The van der Waals surface area contributed by atoms with Gasteiger partial charge in [0.1, 0.15) is 11.3 Å². The van der Waals surface area contributed by atoms with Crippen LogP contribution in [0.5, 0.6) is 0 Å². The summed E-state index contributed by atoms with van der Waals surface area (Å²) in [5, 5.41) is -0.253. The zero-order chi connectivity index (χ0) is 16.8. The van der Waals surface area contributed by atoms with Crippen LogP contribution in [0.4, 0.5) is 22.0 Å². The number of hydrogen-bond donors (Lipinski definition) is 0. The Morgan fingerprint density at radius 3 is 2.26 bits per heavy atom. The van der Waals surface area contributed by atoms with Gasteiger partial charge < -0.3 is 4.42 Å². The number of halogens is 5. The normalized spacial score (nSPS) is 11.9. The summed E-state index contributed by atoms with van der Waals surface area (Å²) >= 11 is 0. The van der Waals surface area contributed by atoms with E-state index >= 15 is 0 Å². The summed E-state index contributed by atoms with van der Waals surface area (Å²) in [6.07, 6.45) is -4.65. The molecule has 0 aliphatic carbocycles. The van der Waals surface area contributed by atoms with Crippen LogP contribution in [-0.4, -0.2) is 0 Å². The van der Waals surface area contributed by atoms with Crippen LogP contribution in [0.3, 0.4) is 0 Å². The van der Waals surface area contributed by atoms with Gasteiger partial charge in [-0.25, -0.2) is 8.78 Å². The third kappa shape index (κ3) is 2.69. The second-order valence-corrected chi connectivity index (χ2v) is 4.78. The van der Waals surface area contributed by atoms with Gasteiger partial charge in [0.05, 0.1) is 10.9 Å². The Kier molecular flexibility index (Phi) is 3.43. The molecule has 2 aromatic carbocycles. The van der Waals surface area contributed by atoms with Crippen LogP contribution in [-0.2, 0) is 6.18 Å². The Morgan fingerprint density at radius 2 is 1.57 bits per heavy atom. The molecule has 0 saturated carbocycles. The molecule has 0 amide bonds. The summed E-state index contributed by atoms with van der Waals surface area (Å²) in [6, 6.07) is 6.62. The topological polar surface area (TPSA) is 30.2 Å². The maximum absolute atomic E-state index is 13.3. The van der Waals surface area contributed by atoms with E-state index in [1.54, 1.807) is 0 Å². The molecule has 0 unspecified atom stereocenters. The molecule has 1 heterocycles. The maximum atomic E-state index is 13.3. The zero-order valence-electron chi connectivity index (χ0n) is 11.2. The van der Waals surface area contributed by atoms with Gasteiger partial charge >= 0.3 is 6.18 Å². The molecule has 0 fully saturated rings. The minimum absolute atomic E-state index is 0.253. The first-order chi connectivity index (χ1) is 10.8. The summed E-state index contributed by atoms with van der Waals surface area (Å²) in [6.45, 7) is 0. The van der Waals surface area contributed by atoms with Crippen molar-refractivity contribution in [3.63, 3.8) is 0 Å². The molecule has 0 radical (unpaired) electrons. The van der Waals surface area contributed by atoms with Crippen molar-refractivity contribution in [1.29, 1.82) is 0 Å². The lowest BCUT2D eigenvalue weighted by atomic mass is 10.0. The van der Waals surface area contributed by atoms with E-state index in [4.69, 9.17) is 4.42 Å². The highest BCUT2D eigenvalue weighted by Gasteiger charge is 2.34. The fourth-order valence-corrected chi connectivity index (χ4v) is 2.23. The largest absolute Gasteiger partial charge is 0.456 e. The molecule has 0 atom stereocenters. The van der Waals surface area contributed by atoms with Crippen molar-refractivity contribution >= 4 is 11.0 Å². The van der Waals surface area contributed by atoms with Gasteiger partial charge in [-0.1, -0.05) is 18.2 Å². The van der Waals surface area contributed by atoms with E-state index in [2.05, 4.69) is 0 Å². The smallest absolute Gasteiger partial charge is 0.417 e. The fourth-order valence-electron chi connectivity index (χ4n) is 2.23. The second-order valence-electron chi connectivity index (χ2n) is 4.78. The molecule has 23 heavy (non-hydrogen) atoms. The summed E-state index contributed by atoms with van der Waals surface area (Å²) in [5.41, 5.74) is -2.45. The minimum atomic E-state index is -4.65. The standard InChI is InChI=1S/C16H7F5O2/c17-11-5-9-13(22)7-15(23-14(9)6-12(11)18)8-3-1-2-4-10(8)16(19,20)21/h1-7H. The Hall–Kier alpha value is -2.70. The van der Waals surface area contributed by atoms with Gasteiger partial charge in [-0.3, -0.25) is 4.79 Å². The van der Waals surface area contributed by atoms with Crippen molar-refractivity contribution in [2.45, 2.75) is 6.18 Å². The molecule has 0 N–H and O–H groups in total. The van der Waals surface area contributed by atoms with Gasteiger partial charge in [0.2, 0.25) is 0 Å². The molecule has 0 aliphatic rings. The third-order valence-electron chi connectivity index (χ3n) is 3.27. The SMILES string of the molecule is O=c1cc(-c2ccccc2C(F)(F)F)oc2cc(F)c(F)cc12. The Bertz CT molecular complexity index is 957. The van der Waals surface area contributed by atoms with Crippen LogP contribution >= 0.6 is 0 Å². The van der Waals surface area contributed by atoms with Crippen molar-refractivity contribution in [1.82, 2.24) is 0 Å². The average molecular weight is 326 g/mol. The number of rotatable bonds is 1. The van der Waals surface area contributed by atoms with Crippen LogP contribution in [0.25, 0.3) is 22.3 Å². The molecule has 7 heteroatoms. The van der Waals surface area contributed by atoms with Crippen LogP contribution < -0.4 is 5.43 Å². The molecule has 118 valence electrons. The monoisotopic (exact) mass is 326 g/mol. The molecule has 3 rings (SSSR count).